The Hall–Kier alpha value is -1.62. The van der Waals surface area contributed by atoms with E-state index >= 15 is 0 Å². The molecule has 0 unspecified atom stereocenters. The SMILES string of the molecule is CCCNCc1cccn1Cc1nnc(C)n1C. The van der Waals surface area contributed by atoms with Gasteiger partial charge in [0.2, 0.25) is 0 Å². The zero-order valence-electron chi connectivity index (χ0n) is 11.3. The van der Waals surface area contributed by atoms with Crippen molar-refractivity contribution in [3.63, 3.8) is 0 Å². The molecule has 0 fully saturated rings. The van der Waals surface area contributed by atoms with Gasteiger partial charge in [-0.05, 0) is 32.0 Å². The number of nitrogens with zero attached hydrogens (tertiary/aromatic N) is 4. The van der Waals surface area contributed by atoms with Crippen LogP contribution in [0.1, 0.15) is 30.7 Å². The van der Waals surface area contributed by atoms with Gasteiger partial charge in [-0.25, -0.2) is 0 Å². The van der Waals surface area contributed by atoms with Gasteiger partial charge in [0, 0.05) is 25.5 Å². The molecule has 2 aromatic rings. The Bertz CT molecular complexity index is 497. The number of hydrogen-bond donors (Lipinski definition) is 1. The molecule has 2 rings (SSSR count). The van der Waals surface area contributed by atoms with Gasteiger partial charge < -0.3 is 14.5 Å². The first-order valence-electron chi connectivity index (χ1n) is 6.42. The number of aryl methyl sites for hydroxylation is 1. The van der Waals surface area contributed by atoms with Crippen LogP contribution in [0.5, 0.6) is 0 Å². The van der Waals surface area contributed by atoms with Gasteiger partial charge in [0.15, 0.2) is 5.82 Å². The van der Waals surface area contributed by atoms with Gasteiger partial charge in [-0.1, -0.05) is 6.92 Å². The molecule has 0 bridgehead atoms. The van der Waals surface area contributed by atoms with E-state index in [-0.39, 0.29) is 0 Å². The van der Waals surface area contributed by atoms with Crippen molar-refractivity contribution in [2.24, 2.45) is 7.05 Å². The van der Waals surface area contributed by atoms with E-state index in [9.17, 15) is 0 Å². The molecule has 0 atom stereocenters. The molecule has 5 heteroatoms. The van der Waals surface area contributed by atoms with E-state index in [0.29, 0.717) is 0 Å². The summed E-state index contributed by atoms with van der Waals surface area (Å²) in [6.07, 6.45) is 3.25. The van der Waals surface area contributed by atoms with Crippen LogP contribution in [0.4, 0.5) is 0 Å². The molecule has 18 heavy (non-hydrogen) atoms. The van der Waals surface area contributed by atoms with Crippen molar-refractivity contribution in [2.45, 2.75) is 33.4 Å². The summed E-state index contributed by atoms with van der Waals surface area (Å²) in [5.41, 5.74) is 1.28. The molecule has 0 aliphatic carbocycles. The number of hydrogen-bond acceptors (Lipinski definition) is 3. The molecule has 0 amide bonds. The predicted octanol–water partition coefficient (Wildman–Crippen LogP) is 1.47. The lowest BCUT2D eigenvalue weighted by atomic mass is 10.4. The Morgan fingerprint density at radius 3 is 2.83 bits per heavy atom. The molecule has 2 aromatic heterocycles. The quantitative estimate of drug-likeness (QED) is 0.786. The summed E-state index contributed by atoms with van der Waals surface area (Å²) in [5, 5.41) is 11.7. The molecule has 0 radical (unpaired) electrons. The smallest absolute Gasteiger partial charge is 0.152 e. The van der Waals surface area contributed by atoms with Crippen molar-refractivity contribution in [1.29, 1.82) is 0 Å². The van der Waals surface area contributed by atoms with E-state index in [2.05, 4.69) is 45.3 Å². The van der Waals surface area contributed by atoms with Crippen LogP contribution in [0, 0.1) is 6.92 Å². The zero-order valence-corrected chi connectivity index (χ0v) is 11.3. The van der Waals surface area contributed by atoms with E-state index in [4.69, 9.17) is 0 Å². The Morgan fingerprint density at radius 2 is 2.17 bits per heavy atom. The van der Waals surface area contributed by atoms with E-state index in [1.165, 1.54) is 5.69 Å². The van der Waals surface area contributed by atoms with Crippen LogP contribution in [0.3, 0.4) is 0 Å². The Kier molecular flexibility index (Phi) is 4.15. The summed E-state index contributed by atoms with van der Waals surface area (Å²) in [6.45, 7) is 6.86. The normalized spacial score (nSPS) is 11.1. The molecule has 0 saturated carbocycles. The van der Waals surface area contributed by atoms with Gasteiger partial charge in [-0.2, -0.15) is 0 Å². The molecule has 5 nitrogen and oxygen atoms in total. The lowest BCUT2D eigenvalue weighted by Gasteiger charge is -2.09. The highest BCUT2D eigenvalue weighted by Gasteiger charge is 2.07. The van der Waals surface area contributed by atoms with Gasteiger partial charge in [0.1, 0.15) is 5.82 Å². The summed E-state index contributed by atoms with van der Waals surface area (Å²) in [7, 11) is 2.00. The highest BCUT2D eigenvalue weighted by molar-refractivity contribution is 5.09. The van der Waals surface area contributed by atoms with Gasteiger partial charge >= 0.3 is 0 Å². The van der Waals surface area contributed by atoms with Crippen molar-refractivity contribution in [2.75, 3.05) is 6.54 Å². The number of aromatic nitrogens is 4. The maximum absolute atomic E-state index is 4.20. The van der Waals surface area contributed by atoms with E-state index < -0.39 is 0 Å². The summed E-state index contributed by atoms with van der Waals surface area (Å²) in [5.74, 6) is 1.93. The fourth-order valence-electron chi connectivity index (χ4n) is 1.90. The lowest BCUT2D eigenvalue weighted by molar-refractivity contribution is 0.612. The zero-order chi connectivity index (χ0) is 13.0. The summed E-state index contributed by atoms with van der Waals surface area (Å²) in [4.78, 5) is 0. The third-order valence-corrected chi connectivity index (χ3v) is 3.15. The standard InChI is InChI=1S/C13H21N5/c1-4-7-14-9-12-6-5-8-18(12)10-13-16-15-11(2)17(13)3/h5-6,8,14H,4,7,9-10H2,1-3H3. The fourth-order valence-corrected chi connectivity index (χ4v) is 1.90. The molecule has 2 heterocycles. The van der Waals surface area contributed by atoms with E-state index in [1.807, 2.05) is 18.5 Å². The van der Waals surface area contributed by atoms with Crippen LogP contribution in [-0.4, -0.2) is 25.9 Å². The predicted molar refractivity (Wildman–Crippen MR) is 71.3 cm³/mol. The minimum absolute atomic E-state index is 0.771. The second kappa shape index (κ2) is 5.82. The molecular formula is C13H21N5. The molecule has 0 aliphatic heterocycles. The van der Waals surface area contributed by atoms with Gasteiger partial charge in [0.05, 0.1) is 6.54 Å². The Balaban J connectivity index is 2.05. The fraction of sp³-hybridized carbons (Fsp3) is 0.538. The average Bonchev–Trinajstić information content (AvgIpc) is 2.92. The molecular weight excluding hydrogens is 226 g/mol. The molecule has 0 aromatic carbocycles. The molecule has 98 valence electrons. The Labute approximate surface area is 108 Å². The van der Waals surface area contributed by atoms with Crippen molar-refractivity contribution < 1.29 is 0 Å². The van der Waals surface area contributed by atoms with Gasteiger partial charge in [-0.3, -0.25) is 0 Å². The van der Waals surface area contributed by atoms with Gasteiger partial charge in [0.25, 0.3) is 0 Å². The average molecular weight is 247 g/mol. The van der Waals surface area contributed by atoms with Crippen LogP contribution in [0.25, 0.3) is 0 Å². The molecule has 0 spiro atoms. The maximum Gasteiger partial charge on any atom is 0.152 e. The third-order valence-electron chi connectivity index (χ3n) is 3.15. The minimum Gasteiger partial charge on any atom is -0.343 e. The molecule has 1 N–H and O–H groups in total. The van der Waals surface area contributed by atoms with Crippen LogP contribution in [0.2, 0.25) is 0 Å². The van der Waals surface area contributed by atoms with E-state index in [0.717, 1.165) is 37.7 Å². The summed E-state index contributed by atoms with van der Waals surface area (Å²) in [6, 6.07) is 4.22. The number of rotatable bonds is 6. The van der Waals surface area contributed by atoms with Crippen molar-refractivity contribution in [1.82, 2.24) is 24.6 Å². The maximum atomic E-state index is 4.20. The van der Waals surface area contributed by atoms with Crippen molar-refractivity contribution in [3.05, 3.63) is 35.7 Å². The Morgan fingerprint density at radius 1 is 1.33 bits per heavy atom. The van der Waals surface area contributed by atoms with Crippen LogP contribution >= 0.6 is 0 Å². The first-order valence-corrected chi connectivity index (χ1v) is 6.42. The van der Waals surface area contributed by atoms with Crippen LogP contribution < -0.4 is 5.32 Å². The van der Waals surface area contributed by atoms with Crippen LogP contribution in [-0.2, 0) is 20.1 Å². The summed E-state index contributed by atoms with van der Waals surface area (Å²) < 4.78 is 4.25. The minimum atomic E-state index is 0.771. The first-order chi connectivity index (χ1) is 8.72. The second-order valence-corrected chi connectivity index (χ2v) is 4.53. The lowest BCUT2D eigenvalue weighted by Crippen LogP contribution is -2.17. The first kappa shape index (κ1) is 12.8. The van der Waals surface area contributed by atoms with Crippen molar-refractivity contribution in [3.8, 4) is 0 Å². The largest absolute Gasteiger partial charge is 0.343 e. The highest BCUT2D eigenvalue weighted by atomic mass is 15.3. The van der Waals surface area contributed by atoms with Crippen LogP contribution in [0.15, 0.2) is 18.3 Å². The van der Waals surface area contributed by atoms with E-state index in [1.54, 1.807) is 0 Å². The number of nitrogens with one attached hydrogen (secondary N) is 1. The third kappa shape index (κ3) is 2.79. The topological polar surface area (TPSA) is 47.7 Å². The van der Waals surface area contributed by atoms with Gasteiger partial charge in [-0.15, -0.1) is 10.2 Å². The van der Waals surface area contributed by atoms with Crippen molar-refractivity contribution >= 4 is 0 Å². The molecule has 0 aliphatic rings. The monoisotopic (exact) mass is 247 g/mol. The summed E-state index contributed by atoms with van der Waals surface area (Å²) >= 11 is 0. The highest BCUT2D eigenvalue weighted by Crippen LogP contribution is 2.06. The molecule has 0 saturated heterocycles. The second-order valence-electron chi connectivity index (χ2n) is 4.53.